The monoisotopic (exact) mass is 234 g/mol. The molecule has 0 aromatic heterocycles. The molecular weight excluding hydrogens is 212 g/mol. The van der Waals surface area contributed by atoms with Crippen LogP contribution in [0.25, 0.3) is 0 Å². The average Bonchev–Trinajstić information content (AvgIpc) is 2.32. The summed E-state index contributed by atoms with van der Waals surface area (Å²) in [7, 11) is 0. The molecule has 0 saturated heterocycles. The molecule has 0 aliphatic heterocycles. The van der Waals surface area contributed by atoms with Gasteiger partial charge in [-0.25, -0.2) is 0 Å². The highest BCUT2D eigenvalue weighted by atomic mass is 16.5. The first kappa shape index (κ1) is 12.4. The first-order valence-corrected chi connectivity index (χ1v) is 6.60. The van der Waals surface area contributed by atoms with Crippen LogP contribution in [-0.2, 0) is 0 Å². The molecule has 2 nitrogen and oxygen atoms in total. The Bertz CT molecular complexity index is 362. The summed E-state index contributed by atoms with van der Waals surface area (Å²) < 4.78 is 5.93. The van der Waals surface area contributed by atoms with Gasteiger partial charge < -0.3 is 9.84 Å². The Balaban J connectivity index is 2.01. The van der Waals surface area contributed by atoms with E-state index in [1.807, 2.05) is 18.2 Å². The third-order valence-corrected chi connectivity index (χ3v) is 3.72. The molecule has 0 amide bonds. The van der Waals surface area contributed by atoms with E-state index in [0.717, 1.165) is 25.0 Å². The van der Waals surface area contributed by atoms with E-state index in [1.165, 1.54) is 12.0 Å². The quantitative estimate of drug-likeness (QED) is 0.869. The summed E-state index contributed by atoms with van der Waals surface area (Å²) in [5, 5.41) is 9.99. The lowest BCUT2D eigenvalue weighted by atomic mass is 9.84. The van der Waals surface area contributed by atoms with Crippen LogP contribution in [0.15, 0.2) is 24.3 Å². The van der Waals surface area contributed by atoms with Crippen molar-refractivity contribution < 1.29 is 9.84 Å². The lowest BCUT2D eigenvalue weighted by Crippen LogP contribution is -2.38. The van der Waals surface area contributed by atoms with Crippen LogP contribution in [0.3, 0.4) is 0 Å². The number of hydrogen-bond donors (Lipinski definition) is 1. The molecule has 1 aromatic carbocycles. The molecule has 0 spiro atoms. The Kier molecular flexibility index (Phi) is 4.06. The van der Waals surface area contributed by atoms with E-state index in [4.69, 9.17) is 4.74 Å². The third kappa shape index (κ3) is 3.22. The van der Waals surface area contributed by atoms with Gasteiger partial charge in [0.05, 0.1) is 6.10 Å². The standard InChI is InChI=1S/C15H22O2/c1-3-12-7-8-14(16)15(10-12)17-13-6-4-5-11(2)9-13/h4-6,9,12,14-16H,3,7-8,10H2,1-2H3. The lowest BCUT2D eigenvalue weighted by Gasteiger charge is -2.33. The maximum atomic E-state index is 9.99. The second-order valence-corrected chi connectivity index (χ2v) is 5.13. The van der Waals surface area contributed by atoms with Crippen LogP contribution < -0.4 is 4.74 Å². The van der Waals surface area contributed by atoms with E-state index in [0.29, 0.717) is 5.92 Å². The summed E-state index contributed by atoms with van der Waals surface area (Å²) >= 11 is 0. The van der Waals surface area contributed by atoms with Crippen molar-refractivity contribution in [1.82, 2.24) is 0 Å². The smallest absolute Gasteiger partial charge is 0.125 e. The summed E-state index contributed by atoms with van der Waals surface area (Å²) in [5.74, 6) is 1.58. The fraction of sp³-hybridized carbons (Fsp3) is 0.600. The van der Waals surface area contributed by atoms with E-state index < -0.39 is 0 Å². The van der Waals surface area contributed by atoms with Gasteiger partial charge in [0, 0.05) is 0 Å². The van der Waals surface area contributed by atoms with Crippen molar-refractivity contribution in [3.8, 4) is 5.75 Å². The molecule has 3 atom stereocenters. The van der Waals surface area contributed by atoms with Gasteiger partial charge in [-0.2, -0.15) is 0 Å². The molecule has 0 bridgehead atoms. The molecule has 17 heavy (non-hydrogen) atoms. The molecule has 1 N–H and O–H groups in total. The maximum Gasteiger partial charge on any atom is 0.125 e. The minimum atomic E-state index is -0.307. The van der Waals surface area contributed by atoms with E-state index in [-0.39, 0.29) is 12.2 Å². The van der Waals surface area contributed by atoms with E-state index in [1.54, 1.807) is 0 Å². The van der Waals surface area contributed by atoms with Crippen molar-refractivity contribution in [2.75, 3.05) is 0 Å². The van der Waals surface area contributed by atoms with Gasteiger partial charge in [0.2, 0.25) is 0 Å². The highest BCUT2D eigenvalue weighted by Crippen LogP contribution is 2.30. The van der Waals surface area contributed by atoms with Gasteiger partial charge in [0.25, 0.3) is 0 Å². The maximum absolute atomic E-state index is 9.99. The van der Waals surface area contributed by atoms with Crippen LogP contribution in [0.5, 0.6) is 5.75 Å². The van der Waals surface area contributed by atoms with Crippen LogP contribution in [0.4, 0.5) is 0 Å². The van der Waals surface area contributed by atoms with Gasteiger partial charge in [-0.3, -0.25) is 0 Å². The normalized spacial score (nSPS) is 29.0. The van der Waals surface area contributed by atoms with E-state index in [9.17, 15) is 5.11 Å². The van der Waals surface area contributed by atoms with Crippen LogP contribution in [-0.4, -0.2) is 17.3 Å². The zero-order valence-electron chi connectivity index (χ0n) is 10.7. The van der Waals surface area contributed by atoms with Crippen molar-refractivity contribution in [2.45, 2.75) is 51.7 Å². The fourth-order valence-electron chi connectivity index (χ4n) is 2.56. The Morgan fingerprint density at radius 2 is 2.18 bits per heavy atom. The predicted octanol–water partition coefficient (Wildman–Crippen LogP) is 3.31. The van der Waals surface area contributed by atoms with E-state index in [2.05, 4.69) is 19.9 Å². The first-order chi connectivity index (χ1) is 8.19. The number of aliphatic hydroxyl groups excluding tert-OH is 1. The summed E-state index contributed by atoms with van der Waals surface area (Å²) in [4.78, 5) is 0. The highest BCUT2D eigenvalue weighted by Gasteiger charge is 2.29. The summed E-state index contributed by atoms with van der Waals surface area (Å²) in [6.07, 6.45) is 3.82. The zero-order valence-corrected chi connectivity index (χ0v) is 10.7. The van der Waals surface area contributed by atoms with Crippen LogP contribution in [0.1, 0.15) is 38.2 Å². The molecule has 1 aromatic rings. The number of hydrogen-bond acceptors (Lipinski definition) is 2. The molecule has 2 rings (SSSR count). The van der Waals surface area contributed by atoms with Gasteiger partial charge in [0.1, 0.15) is 11.9 Å². The molecule has 2 heteroatoms. The number of aryl methyl sites for hydroxylation is 1. The molecule has 3 unspecified atom stereocenters. The van der Waals surface area contributed by atoms with Crippen LogP contribution in [0.2, 0.25) is 0 Å². The van der Waals surface area contributed by atoms with Gasteiger partial charge in [-0.1, -0.05) is 25.5 Å². The fourth-order valence-corrected chi connectivity index (χ4v) is 2.56. The molecule has 94 valence electrons. The molecule has 0 radical (unpaired) electrons. The predicted molar refractivity (Wildman–Crippen MR) is 69.2 cm³/mol. The van der Waals surface area contributed by atoms with Crippen LogP contribution >= 0.6 is 0 Å². The molecule has 1 aliphatic carbocycles. The molecule has 1 fully saturated rings. The van der Waals surface area contributed by atoms with Crippen molar-refractivity contribution >= 4 is 0 Å². The van der Waals surface area contributed by atoms with Gasteiger partial charge in [0.15, 0.2) is 0 Å². The third-order valence-electron chi connectivity index (χ3n) is 3.72. The Hall–Kier alpha value is -1.02. The molecule has 1 aliphatic rings. The van der Waals surface area contributed by atoms with Crippen molar-refractivity contribution in [2.24, 2.45) is 5.92 Å². The first-order valence-electron chi connectivity index (χ1n) is 6.60. The molecule has 0 heterocycles. The average molecular weight is 234 g/mol. The minimum absolute atomic E-state index is 0.0319. The topological polar surface area (TPSA) is 29.5 Å². The molecular formula is C15H22O2. The van der Waals surface area contributed by atoms with Gasteiger partial charge in [-0.05, 0) is 49.8 Å². The Morgan fingerprint density at radius 3 is 2.88 bits per heavy atom. The highest BCUT2D eigenvalue weighted by molar-refractivity contribution is 5.27. The largest absolute Gasteiger partial charge is 0.488 e. The minimum Gasteiger partial charge on any atom is -0.488 e. The van der Waals surface area contributed by atoms with Crippen molar-refractivity contribution in [1.29, 1.82) is 0 Å². The summed E-state index contributed by atoms with van der Waals surface area (Å²) in [5.41, 5.74) is 1.19. The summed E-state index contributed by atoms with van der Waals surface area (Å²) in [6, 6.07) is 8.05. The summed E-state index contributed by atoms with van der Waals surface area (Å²) in [6.45, 7) is 4.27. The van der Waals surface area contributed by atoms with Crippen molar-refractivity contribution in [3.63, 3.8) is 0 Å². The number of ether oxygens (including phenoxy) is 1. The molecule has 1 saturated carbocycles. The second kappa shape index (κ2) is 5.54. The van der Waals surface area contributed by atoms with E-state index >= 15 is 0 Å². The second-order valence-electron chi connectivity index (χ2n) is 5.13. The van der Waals surface area contributed by atoms with Crippen molar-refractivity contribution in [3.05, 3.63) is 29.8 Å². The number of benzene rings is 1. The number of aliphatic hydroxyl groups is 1. The number of rotatable bonds is 3. The van der Waals surface area contributed by atoms with Crippen LogP contribution in [0, 0.1) is 12.8 Å². The Labute approximate surface area is 104 Å². The SMILES string of the molecule is CCC1CCC(O)C(Oc2cccc(C)c2)C1. The van der Waals surface area contributed by atoms with Gasteiger partial charge in [-0.15, -0.1) is 0 Å². The van der Waals surface area contributed by atoms with Gasteiger partial charge >= 0.3 is 0 Å². The Morgan fingerprint density at radius 1 is 1.35 bits per heavy atom. The zero-order chi connectivity index (χ0) is 12.3. The lowest BCUT2D eigenvalue weighted by molar-refractivity contribution is -0.0109.